The fraction of sp³-hybridized carbons (Fsp3) is 0. The molecule has 0 amide bonds. The molecule has 0 spiro atoms. The minimum Gasteiger partial charge on any atom is -0.248 e. The van der Waals surface area contributed by atoms with E-state index in [1.54, 1.807) is 0 Å². The van der Waals surface area contributed by atoms with Gasteiger partial charge in [-0.25, -0.2) is 9.97 Å². The van der Waals surface area contributed by atoms with Crippen molar-refractivity contribution < 1.29 is 0 Å². The summed E-state index contributed by atoms with van der Waals surface area (Å²) in [4.78, 5) is 10.2. The Bertz CT molecular complexity index is 1910. The van der Waals surface area contributed by atoms with Gasteiger partial charge in [-0.1, -0.05) is 90.5 Å². The highest BCUT2D eigenvalue weighted by atomic mass is 35.5. The SMILES string of the molecule is Clc1ccc2c(c1)nc(-c1ccccc1)c1c3ccc(-c4ccc5ccccc5c4)nc3ccc21. The summed E-state index contributed by atoms with van der Waals surface area (Å²) in [6.45, 7) is 0. The van der Waals surface area contributed by atoms with Crippen molar-refractivity contribution in [2.45, 2.75) is 0 Å². The topological polar surface area (TPSA) is 25.8 Å². The smallest absolute Gasteiger partial charge is 0.0794 e. The number of halogens is 1. The molecule has 5 aromatic carbocycles. The van der Waals surface area contributed by atoms with Crippen molar-refractivity contribution in [3.05, 3.63) is 120 Å². The Morgan fingerprint density at radius 3 is 2.14 bits per heavy atom. The van der Waals surface area contributed by atoms with Gasteiger partial charge in [-0.05, 0) is 52.6 Å². The maximum Gasteiger partial charge on any atom is 0.0794 e. The van der Waals surface area contributed by atoms with Crippen LogP contribution in [0.5, 0.6) is 0 Å². The molecule has 0 fully saturated rings. The lowest BCUT2D eigenvalue weighted by molar-refractivity contribution is 1.40. The number of benzene rings is 5. The minimum absolute atomic E-state index is 0.686. The van der Waals surface area contributed by atoms with E-state index >= 15 is 0 Å². The van der Waals surface area contributed by atoms with E-state index in [0.717, 1.165) is 55.1 Å². The van der Waals surface area contributed by atoms with Crippen LogP contribution in [-0.4, -0.2) is 9.97 Å². The maximum atomic E-state index is 6.33. The zero-order valence-electron chi connectivity index (χ0n) is 18.7. The average molecular weight is 467 g/mol. The number of hydrogen-bond donors (Lipinski definition) is 0. The standard InChI is InChI=1S/C32H19ClN2/c33-24-12-13-25-26-14-17-29-27(31(26)32(35-30(25)19-24)21-7-2-1-3-8-21)15-16-28(34-29)23-11-10-20-6-4-5-9-22(20)18-23/h1-19H. The fourth-order valence-corrected chi connectivity index (χ4v) is 5.17. The Kier molecular flexibility index (Phi) is 4.54. The number of rotatable bonds is 2. The van der Waals surface area contributed by atoms with Crippen molar-refractivity contribution in [3.63, 3.8) is 0 Å². The third kappa shape index (κ3) is 3.34. The number of nitrogens with zero attached hydrogens (tertiary/aromatic N) is 2. The number of pyridine rings is 2. The summed E-state index contributed by atoms with van der Waals surface area (Å²) >= 11 is 6.33. The average Bonchev–Trinajstić information content (AvgIpc) is 2.92. The lowest BCUT2D eigenvalue weighted by Crippen LogP contribution is -1.93. The molecule has 3 heteroatoms. The molecule has 0 radical (unpaired) electrons. The molecule has 2 heterocycles. The Morgan fingerprint density at radius 1 is 0.486 bits per heavy atom. The normalized spacial score (nSPS) is 11.6. The Hall–Kier alpha value is -4.27. The third-order valence-corrected chi connectivity index (χ3v) is 6.92. The molecule has 164 valence electrons. The van der Waals surface area contributed by atoms with Gasteiger partial charge in [0.25, 0.3) is 0 Å². The summed E-state index contributed by atoms with van der Waals surface area (Å²) in [7, 11) is 0. The number of hydrogen-bond acceptors (Lipinski definition) is 2. The molecule has 0 atom stereocenters. The summed E-state index contributed by atoms with van der Waals surface area (Å²) < 4.78 is 0. The van der Waals surface area contributed by atoms with E-state index in [2.05, 4.69) is 84.9 Å². The van der Waals surface area contributed by atoms with Gasteiger partial charge in [0.05, 0.1) is 22.4 Å². The molecule has 0 bridgehead atoms. The lowest BCUT2D eigenvalue weighted by atomic mass is 9.96. The predicted molar refractivity (Wildman–Crippen MR) is 148 cm³/mol. The van der Waals surface area contributed by atoms with Crippen molar-refractivity contribution in [2.24, 2.45) is 0 Å². The first-order valence-electron chi connectivity index (χ1n) is 11.6. The second-order valence-corrected chi connectivity index (χ2v) is 9.24. The zero-order chi connectivity index (χ0) is 23.4. The molecule has 0 N–H and O–H groups in total. The highest BCUT2D eigenvalue weighted by Gasteiger charge is 2.15. The van der Waals surface area contributed by atoms with Gasteiger partial charge in [0, 0.05) is 32.3 Å². The molecule has 2 nitrogen and oxygen atoms in total. The van der Waals surface area contributed by atoms with Gasteiger partial charge in [0.1, 0.15) is 0 Å². The molecule has 7 aromatic rings. The van der Waals surface area contributed by atoms with Crippen molar-refractivity contribution in [1.82, 2.24) is 9.97 Å². The van der Waals surface area contributed by atoms with Gasteiger partial charge in [0.2, 0.25) is 0 Å². The van der Waals surface area contributed by atoms with E-state index in [0.29, 0.717) is 5.02 Å². The molecule has 0 unspecified atom stereocenters. The quantitative estimate of drug-likeness (QED) is 0.237. The van der Waals surface area contributed by atoms with Gasteiger partial charge < -0.3 is 0 Å². The number of aromatic nitrogens is 2. The van der Waals surface area contributed by atoms with Crippen LogP contribution in [0.3, 0.4) is 0 Å². The number of fused-ring (bicyclic) bond motifs is 6. The molecule has 0 saturated carbocycles. The molecule has 7 rings (SSSR count). The first-order chi connectivity index (χ1) is 17.2. The van der Waals surface area contributed by atoms with E-state index in [-0.39, 0.29) is 0 Å². The molecular weight excluding hydrogens is 448 g/mol. The zero-order valence-corrected chi connectivity index (χ0v) is 19.5. The largest absolute Gasteiger partial charge is 0.248 e. The van der Waals surface area contributed by atoms with Crippen LogP contribution in [0.25, 0.3) is 65.9 Å². The highest BCUT2D eigenvalue weighted by molar-refractivity contribution is 6.32. The van der Waals surface area contributed by atoms with E-state index in [9.17, 15) is 0 Å². The predicted octanol–water partition coefficient (Wildman–Crippen LogP) is 9.08. The van der Waals surface area contributed by atoms with Crippen LogP contribution in [0.2, 0.25) is 5.02 Å². The third-order valence-electron chi connectivity index (χ3n) is 6.68. The summed E-state index contributed by atoms with van der Waals surface area (Å²) in [6.07, 6.45) is 0. The van der Waals surface area contributed by atoms with Crippen LogP contribution in [-0.2, 0) is 0 Å². The second-order valence-electron chi connectivity index (χ2n) is 8.80. The highest BCUT2D eigenvalue weighted by Crippen LogP contribution is 2.38. The van der Waals surface area contributed by atoms with Crippen LogP contribution >= 0.6 is 11.6 Å². The first-order valence-corrected chi connectivity index (χ1v) is 12.0. The van der Waals surface area contributed by atoms with Crippen molar-refractivity contribution in [2.75, 3.05) is 0 Å². The summed E-state index contributed by atoms with van der Waals surface area (Å²) in [5.74, 6) is 0. The summed E-state index contributed by atoms with van der Waals surface area (Å²) in [6, 6.07) is 39.8. The fourth-order valence-electron chi connectivity index (χ4n) is 5.00. The van der Waals surface area contributed by atoms with Crippen molar-refractivity contribution in [1.29, 1.82) is 0 Å². The molecule has 0 aliphatic carbocycles. The van der Waals surface area contributed by atoms with E-state index in [4.69, 9.17) is 21.6 Å². The van der Waals surface area contributed by atoms with Crippen LogP contribution in [0.4, 0.5) is 0 Å². The lowest BCUT2D eigenvalue weighted by Gasteiger charge is -2.13. The van der Waals surface area contributed by atoms with E-state index < -0.39 is 0 Å². The van der Waals surface area contributed by atoms with Crippen LogP contribution in [0.15, 0.2) is 115 Å². The van der Waals surface area contributed by atoms with Crippen molar-refractivity contribution >= 4 is 55.0 Å². The molecular formula is C32H19ClN2. The van der Waals surface area contributed by atoms with E-state index in [1.807, 2.05) is 30.3 Å². The van der Waals surface area contributed by atoms with Gasteiger partial charge in [0.15, 0.2) is 0 Å². The summed E-state index contributed by atoms with van der Waals surface area (Å²) in [5, 5.41) is 7.57. The van der Waals surface area contributed by atoms with E-state index in [1.165, 1.54) is 10.8 Å². The van der Waals surface area contributed by atoms with Gasteiger partial charge in [-0.15, -0.1) is 0 Å². The molecule has 2 aromatic heterocycles. The van der Waals surface area contributed by atoms with Crippen LogP contribution in [0, 0.1) is 0 Å². The monoisotopic (exact) mass is 466 g/mol. The van der Waals surface area contributed by atoms with Crippen molar-refractivity contribution in [3.8, 4) is 22.5 Å². The first kappa shape index (κ1) is 20.1. The molecule has 0 saturated heterocycles. The van der Waals surface area contributed by atoms with Gasteiger partial charge in [-0.3, -0.25) is 0 Å². The van der Waals surface area contributed by atoms with Gasteiger partial charge >= 0.3 is 0 Å². The van der Waals surface area contributed by atoms with Gasteiger partial charge in [-0.2, -0.15) is 0 Å². The Labute approximate surface area is 207 Å². The van der Waals surface area contributed by atoms with Crippen LogP contribution < -0.4 is 0 Å². The molecule has 0 aliphatic heterocycles. The van der Waals surface area contributed by atoms with Crippen LogP contribution in [0.1, 0.15) is 0 Å². The Morgan fingerprint density at radius 2 is 1.26 bits per heavy atom. The minimum atomic E-state index is 0.686. The maximum absolute atomic E-state index is 6.33. The second kappa shape index (κ2) is 7.90. The Balaban J connectivity index is 1.52. The molecule has 0 aliphatic rings. The summed E-state index contributed by atoms with van der Waals surface area (Å²) in [5.41, 5.74) is 5.94. The molecule has 35 heavy (non-hydrogen) atoms.